The monoisotopic (exact) mass is 217 g/mol. The van der Waals surface area contributed by atoms with Crippen molar-refractivity contribution in [3.63, 3.8) is 0 Å². The highest BCUT2D eigenvalue weighted by Gasteiger charge is 2.25. The van der Waals surface area contributed by atoms with E-state index in [0.29, 0.717) is 5.56 Å². The largest absolute Gasteiger partial charge is 0.509 e. The van der Waals surface area contributed by atoms with Crippen molar-refractivity contribution in [1.29, 1.82) is 0 Å². The molecule has 0 atom stereocenters. The van der Waals surface area contributed by atoms with Gasteiger partial charge < -0.3 is 18.1 Å². The topological polar surface area (TPSA) is 37.3 Å². The molecule has 0 aliphatic rings. The predicted molar refractivity (Wildman–Crippen MR) is 51.1 cm³/mol. The molecule has 2 nitrogen and oxygen atoms in total. The summed E-state index contributed by atoms with van der Waals surface area (Å²) >= 11 is 0. The van der Waals surface area contributed by atoms with Crippen molar-refractivity contribution < 1.29 is 22.8 Å². The van der Waals surface area contributed by atoms with Crippen LogP contribution in [0.1, 0.15) is 12.0 Å². The summed E-state index contributed by atoms with van der Waals surface area (Å²) in [6.07, 6.45) is -0.0381. The number of aliphatic carboxylic acids is 1. The van der Waals surface area contributed by atoms with Crippen molar-refractivity contribution in [1.82, 2.24) is 0 Å². The molecule has 0 amide bonds. The molecule has 82 valence electrons. The van der Waals surface area contributed by atoms with Gasteiger partial charge >= 0.3 is 12.9 Å². The average molecular weight is 217 g/mol. The Labute approximate surface area is 84.8 Å². The average Bonchev–Trinajstić information content (AvgIpc) is 2.14. The summed E-state index contributed by atoms with van der Waals surface area (Å²) in [5, 5.41) is 8.39. The Balaban J connectivity index is 2.79. The van der Waals surface area contributed by atoms with Crippen LogP contribution in [0.4, 0.5) is 12.9 Å². The molecular weight excluding hydrogens is 208 g/mol. The Morgan fingerprint density at radius 2 is 2.00 bits per heavy atom. The van der Waals surface area contributed by atoms with Gasteiger partial charge in [0.05, 0.1) is 0 Å². The second-order valence-corrected chi connectivity index (χ2v) is 3.21. The lowest BCUT2D eigenvalue weighted by atomic mass is 9.79. The van der Waals surface area contributed by atoms with E-state index < -0.39 is 18.4 Å². The van der Waals surface area contributed by atoms with Crippen LogP contribution in [0.25, 0.3) is 0 Å². The van der Waals surface area contributed by atoms with Gasteiger partial charge in [0.15, 0.2) is 0 Å². The number of hydrogen-bond donors (Lipinski definition) is 1. The molecule has 0 aliphatic heterocycles. The van der Waals surface area contributed by atoms with Gasteiger partial charge in [0.1, 0.15) is 0 Å². The van der Waals surface area contributed by atoms with Crippen LogP contribution in [0.5, 0.6) is 0 Å². The van der Waals surface area contributed by atoms with Gasteiger partial charge in [-0.1, -0.05) is 29.8 Å². The van der Waals surface area contributed by atoms with Gasteiger partial charge in [-0.05, 0) is 6.42 Å². The van der Waals surface area contributed by atoms with E-state index in [2.05, 4.69) is 0 Å². The predicted octanol–water partition coefficient (Wildman–Crippen LogP) is 1.76. The fraction of sp³-hybridized carbons (Fsp3) is 0.222. The first-order valence-corrected chi connectivity index (χ1v) is 4.40. The minimum absolute atomic E-state index is 0.120. The first-order chi connectivity index (χ1) is 6.89. The van der Waals surface area contributed by atoms with Crippen molar-refractivity contribution in [3.05, 3.63) is 29.8 Å². The number of benzene rings is 1. The Hall–Kier alpha value is -1.46. The lowest BCUT2D eigenvalue weighted by Crippen LogP contribution is -2.34. The molecule has 6 heteroatoms. The Morgan fingerprint density at radius 1 is 1.33 bits per heavy atom. The fourth-order valence-corrected chi connectivity index (χ4v) is 1.20. The van der Waals surface area contributed by atoms with Gasteiger partial charge in [0.2, 0.25) is 0 Å². The van der Waals surface area contributed by atoms with Gasteiger partial charge in [0, 0.05) is 6.42 Å². The van der Waals surface area contributed by atoms with Gasteiger partial charge in [-0.25, -0.2) is 0 Å². The van der Waals surface area contributed by atoms with E-state index in [0.717, 1.165) is 12.1 Å². The molecule has 1 rings (SSSR count). The van der Waals surface area contributed by atoms with Crippen LogP contribution in [0.3, 0.4) is 0 Å². The van der Waals surface area contributed by atoms with Crippen LogP contribution in [0, 0.1) is 0 Å². The quantitative estimate of drug-likeness (QED) is 0.780. The molecule has 0 unspecified atom stereocenters. The number of carboxylic acid groups (broad SMARTS) is 1. The van der Waals surface area contributed by atoms with Crippen LogP contribution >= 0.6 is 0 Å². The zero-order valence-electron chi connectivity index (χ0n) is 7.79. The summed E-state index contributed by atoms with van der Waals surface area (Å²) in [7, 11) is 0. The van der Waals surface area contributed by atoms with Crippen molar-refractivity contribution in [2.45, 2.75) is 12.8 Å². The molecular formula is C9H9BF3O2-. The highest BCUT2D eigenvalue weighted by atomic mass is 19.4. The van der Waals surface area contributed by atoms with E-state index >= 15 is 0 Å². The zero-order chi connectivity index (χ0) is 11.5. The standard InChI is InChI=1S/C9H9BF3O2/c11-10(12,13)8-3-1-2-7(6-8)4-5-9(14)15/h1-3,6H,4-5H2,(H,14,15)/q-1. The summed E-state index contributed by atoms with van der Waals surface area (Å²) < 4.78 is 36.9. The smallest absolute Gasteiger partial charge is 0.481 e. The van der Waals surface area contributed by atoms with E-state index in [1.807, 2.05) is 0 Å². The number of rotatable bonds is 4. The molecule has 0 radical (unpaired) electrons. The molecule has 0 heterocycles. The molecule has 1 N–H and O–H groups in total. The number of carbonyl (C=O) groups is 1. The first-order valence-electron chi connectivity index (χ1n) is 4.40. The van der Waals surface area contributed by atoms with E-state index in [-0.39, 0.29) is 12.8 Å². The van der Waals surface area contributed by atoms with Gasteiger partial charge in [-0.2, -0.15) is 0 Å². The molecule has 0 aliphatic carbocycles. The van der Waals surface area contributed by atoms with E-state index in [1.165, 1.54) is 12.1 Å². The van der Waals surface area contributed by atoms with Crippen LogP contribution in [-0.4, -0.2) is 18.1 Å². The number of carboxylic acids is 1. The van der Waals surface area contributed by atoms with E-state index in [9.17, 15) is 17.7 Å². The number of aryl methyl sites for hydroxylation is 1. The Morgan fingerprint density at radius 3 is 2.53 bits per heavy atom. The molecule has 0 saturated carbocycles. The molecule has 0 bridgehead atoms. The minimum atomic E-state index is -5.00. The summed E-state index contributed by atoms with van der Waals surface area (Å²) in [6, 6.07) is 4.78. The highest BCUT2D eigenvalue weighted by molar-refractivity contribution is 6.73. The minimum Gasteiger partial charge on any atom is -0.481 e. The van der Waals surface area contributed by atoms with Crippen LogP contribution in [0.15, 0.2) is 24.3 Å². The molecule has 15 heavy (non-hydrogen) atoms. The molecule has 0 spiro atoms. The molecule has 1 aromatic carbocycles. The maximum atomic E-state index is 12.3. The summed E-state index contributed by atoms with van der Waals surface area (Å²) in [5.74, 6) is -1.02. The third-order valence-electron chi connectivity index (χ3n) is 1.96. The van der Waals surface area contributed by atoms with Crippen molar-refractivity contribution in [2.24, 2.45) is 0 Å². The zero-order valence-corrected chi connectivity index (χ0v) is 7.79. The normalized spacial score (nSPS) is 11.4. The third-order valence-corrected chi connectivity index (χ3v) is 1.96. The molecule has 0 aromatic heterocycles. The van der Waals surface area contributed by atoms with E-state index in [1.54, 1.807) is 0 Å². The Kier molecular flexibility index (Phi) is 3.39. The van der Waals surface area contributed by atoms with E-state index in [4.69, 9.17) is 5.11 Å². The highest BCUT2D eigenvalue weighted by Crippen LogP contribution is 2.11. The summed E-state index contributed by atoms with van der Waals surface area (Å²) in [4.78, 5) is 10.2. The van der Waals surface area contributed by atoms with Gasteiger partial charge in [-0.3, -0.25) is 4.79 Å². The lowest BCUT2D eigenvalue weighted by Gasteiger charge is -2.15. The van der Waals surface area contributed by atoms with Crippen LogP contribution in [-0.2, 0) is 11.2 Å². The maximum Gasteiger partial charge on any atom is 0.509 e. The lowest BCUT2D eigenvalue weighted by molar-refractivity contribution is -0.136. The number of halogens is 3. The van der Waals surface area contributed by atoms with Crippen LogP contribution < -0.4 is 5.46 Å². The summed E-state index contributed by atoms with van der Waals surface area (Å²) in [5.41, 5.74) is -0.285. The second kappa shape index (κ2) is 4.38. The van der Waals surface area contributed by atoms with Crippen molar-refractivity contribution in [2.75, 3.05) is 0 Å². The SMILES string of the molecule is O=C(O)CCc1cccc([B-](F)(F)F)c1. The maximum absolute atomic E-state index is 12.3. The van der Waals surface area contributed by atoms with Crippen molar-refractivity contribution in [3.8, 4) is 0 Å². The third kappa shape index (κ3) is 3.65. The van der Waals surface area contributed by atoms with Crippen molar-refractivity contribution >= 4 is 18.4 Å². The fourth-order valence-electron chi connectivity index (χ4n) is 1.20. The number of hydrogen-bond acceptors (Lipinski definition) is 1. The summed E-state index contributed by atoms with van der Waals surface area (Å²) in [6.45, 7) is -5.00. The van der Waals surface area contributed by atoms with Gasteiger partial charge in [-0.15, -0.1) is 5.46 Å². The first kappa shape index (κ1) is 11.6. The molecule has 0 saturated heterocycles. The molecule has 1 aromatic rings. The Bertz CT molecular complexity index is 363. The second-order valence-electron chi connectivity index (χ2n) is 3.21. The molecule has 0 fully saturated rings. The van der Waals surface area contributed by atoms with Gasteiger partial charge in [0.25, 0.3) is 0 Å². The van der Waals surface area contributed by atoms with Crippen LogP contribution in [0.2, 0.25) is 0 Å².